The Morgan fingerprint density at radius 3 is 2.53 bits per heavy atom. The van der Waals surface area contributed by atoms with Crippen molar-refractivity contribution in [2.24, 2.45) is 12.5 Å². The maximum absolute atomic E-state index is 4.61. The van der Waals surface area contributed by atoms with Crippen LogP contribution in [0.25, 0.3) is 0 Å². The van der Waals surface area contributed by atoms with Crippen LogP contribution in [0.15, 0.2) is 4.47 Å². The Bertz CT molecular complexity index is 433. The molecule has 0 saturated heterocycles. The van der Waals surface area contributed by atoms with Gasteiger partial charge in [-0.3, -0.25) is 4.68 Å². The van der Waals surface area contributed by atoms with Crippen LogP contribution in [-0.2, 0) is 19.9 Å². The van der Waals surface area contributed by atoms with Gasteiger partial charge in [0.25, 0.3) is 0 Å². The molecule has 19 heavy (non-hydrogen) atoms. The molecular formula is C15H26BrN3. The van der Waals surface area contributed by atoms with Crippen LogP contribution in [0.4, 0.5) is 0 Å². The maximum atomic E-state index is 4.61. The van der Waals surface area contributed by atoms with Crippen LogP contribution >= 0.6 is 15.9 Å². The monoisotopic (exact) mass is 327 g/mol. The molecule has 0 radical (unpaired) electrons. The molecule has 1 aliphatic carbocycles. The van der Waals surface area contributed by atoms with E-state index in [2.05, 4.69) is 54.3 Å². The van der Waals surface area contributed by atoms with E-state index < -0.39 is 0 Å². The van der Waals surface area contributed by atoms with Crippen LogP contribution in [-0.4, -0.2) is 22.9 Å². The molecule has 1 atom stereocenters. The first kappa shape index (κ1) is 15.0. The summed E-state index contributed by atoms with van der Waals surface area (Å²) in [5.74, 6) is 0. The van der Waals surface area contributed by atoms with Crippen LogP contribution in [0.2, 0.25) is 0 Å². The average molecular weight is 328 g/mol. The molecule has 0 amide bonds. The molecule has 1 fully saturated rings. The van der Waals surface area contributed by atoms with Gasteiger partial charge in [0.05, 0.1) is 15.9 Å². The van der Waals surface area contributed by atoms with Gasteiger partial charge in [0.2, 0.25) is 0 Å². The smallest absolute Gasteiger partial charge is 0.0766 e. The first-order valence-electron chi connectivity index (χ1n) is 7.39. The summed E-state index contributed by atoms with van der Waals surface area (Å²) in [6.07, 6.45) is 7.47. The lowest BCUT2D eigenvalue weighted by molar-refractivity contribution is 0.226. The van der Waals surface area contributed by atoms with Gasteiger partial charge in [0, 0.05) is 19.5 Å². The summed E-state index contributed by atoms with van der Waals surface area (Å²) in [4.78, 5) is 0. The van der Waals surface area contributed by atoms with Gasteiger partial charge >= 0.3 is 0 Å². The molecule has 1 aromatic rings. The molecule has 1 unspecified atom stereocenters. The summed E-state index contributed by atoms with van der Waals surface area (Å²) in [5, 5.41) is 8.16. The van der Waals surface area contributed by atoms with Crippen LogP contribution in [0.1, 0.15) is 50.9 Å². The van der Waals surface area contributed by atoms with Gasteiger partial charge in [-0.05, 0) is 47.7 Å². The lowest BCUT2D eigenvalue weighted by atomic mass is 9.78. The number of halogens is 1. The highest BCUT2D eigenvalue weighted by Gasteiger charge is 2.37. The third kappa shape index (κ3) is 2.89. The van der Waals surface area contributed by atoms with Gasteiger partial charge in [0.15, 0.2) is 0 Å². The summed E-state index contributed by atoms with van der Waals surface area (Å²) in [5.41, 5.74) is 2.93. The van der Waals surface area contributed by atoms with Gasteiger partial charge in [-0.15, -0.1) is 0 Å². The van der Waals surface area contributed by atoms with Crippen molar-refractivity contribution < 1.29 is 0 Å². The second kappa shape index (κ2) is 5.96. The average Bonchev–Trinajstić information content (AvgIpc) is 2.93. The first-order chi connectivity index (χ1) is 9.01. The minimum atomic E-state index is 0.435. The zero-order chi connectivity index (χ0) is 14.0. The highest BCUT2D eigenvalue weighted by Crippen LogP contribution is 2.42. The van der Waals surface area contributed by atoms with E-state index in [-0.39, 0.29) is 0 Å². The SMILES string of the molecule is CCc1nn(C)c(CC(NC)C2(C)CCCC2)c1Br. The van der Waals surface area contributed by atoms with E-state index in [9.17, 15) is 0 Å². The third-order valence-corrected chi connectivity index (χ3v) is 5.75. The minimum absolute atomic E-state index is 0.435. The fraction of sp³-hybridized carbons (Fsp3) is 0.800. The van der Waals surface area contributed by atoms with E-state index in [1.54, 1.807) is 0 Å². The Labute approximate surface area is 125 Å². The zero-order valence-electron chi connectivity index (χ0n) is 12.6. The minimum Gasteiger partial charge on any atom is -0.316 e. The molecule has 1 aliphatic rings. The van der Waals surface area contributed by atoms with E-state index in [0.717, 1.165) is 12.8 Å². The summed E-state index contributed by atoms with van der Waals surface area (Å²) in [7, 11) is 4.15. The van der Waals surface area contributed by atoms with Crippen molar-refractivity contribution in [1.82, 2.24) is 15.1 Å². The number of nitrogens with zero attached hydrogens (tertiary/aromatic N) is 2. The molecular weight excluding hydrogens is 302 g/mol. The van der Waals surface area contributed by atoms with Gasteiger partial charge in [-0.1, -0.05) is 26.7 Å². The van der Waals surface area contributed by atoms with Gasteiger partial charge < -0.3 is 5.32 Å². The summed E-state index contributed by atoms with van der Waals surface area (Å²) in [6.45, 7) is 4.59. The van der Waals surface area contributed by atoms with Crippen molar-refractivity contribution in [1.29, 1.82) is 0 Å². The number of hydrogen-bond donors (Lipinski definition) is 1. The molecule has 4 heteroatoms. The van der Waals surface area contributed by atoms with E-state index in [1.807, 2.05) is 4.68 Å². The Kier molecular flexibility index (Phi) is 4.72. The molecule has 1 aromatic heterocycles. The summed E-state index contributed by atoms with van der Waals surface area (Å²) in [6, 6.07) is 0.534. The number of hydrogen-bond acceptors (Lipinski definition) is 2. The van der Waals surface area contributed by atoms with Crippen LogP contribution in [0.3, 0.4) is 0 Å². The molecule has 1 saturated carbocycles. The Hall–Kier alpha value is -0.350. The molecule has 3 nitrogen and oxygen atoms in total. The van der Waals surface area contributed by atoms with Crippen molar-refractivity contribution in [3.63, 3.8) is 0 Å². The Morgan fingerprint density at radius 1 is 1.42 bits per heavy atom. The van der Waals surface area contributed by atoms with Crippen molar-refractivity contribution in [3.05, 3.63) is 15.9 Å². The summed E-state index contributed by atoms with van der Waals surface area (Å²) < 4.78 is 3.25. The van der Waals surface area contributed by atoms with Crippen molar-refractivity contribution in [2.45, 2.75) is 58.4 Å². The summed E-state index contributed by atoms with van der Waals surface area (Å²) >= 11 is 3.74. The molecule has 1 N–H and O–H groups in total. The van der Waals surface area contributed by atoms with Crippen LogP contribution < -0.4 is 5.32 Å². The van der Waals surface area contributed by atoms with E-state index in [1.165, 1.54) is 41.5 Å². The Balaban J connectivity index is 2.21. The van der Waals surface area contributed by atoms with Gasteiger partial charge in [-0.2, -0.15) is 5.10 Å². The van der Waals surface area contributed by atoms with E-state index >= 15 is 0 Å². The number of rotatable bonds is 5. The standard InChI is InChI=1S/C15H26BrN3/c1-5-11-14(16)12(19(4)18-11)10-13(17-3)15(2)8-6-7-9-15/h13,17H,5-10H2,1-4H3. The largest absolute Gasteiger partial charge is 0.316 e. The normalized spacial score (nSPS) is 19.8. The van der Waals surface area contributed by atoms with Crippen molar-refractivity contribution >= 4 is 15.9 Å². The highest BCUT2D eigenvalue weighted by molar-refractivity contribution is 9.10. The number of aromatic nitrogens is 2. The lowest BCUT2D eigenvalue weighted by Gasteiger charge is -2.34. The van der Waals surface area contributed by atoms with Crippen molar-refractivity contribution in [3.8, 4) is 0 Å². The highest BCUT2D eigenvalue weighted by atomic mass is 79.9. The zero-order valence-corrected chi connectivity index (χ0v) is 14.2. The van der Waals surface area contributed by atoms with Crippen molar-refractivity contribution in [2.75, 3.05) is 7.05 Å². The second-order valence-electron chi connectivity index (χ2n) is 6.09. The topological polar surface area (TPSA) is 29.9 Å². The predicted molar refractivity (Wildman–Crippen MR) is 83.4 cm³/mol. The number of likely N-dealkylation sites (N-methyl/N-ethyl adjacent to an activating group) is 1. The van der Waals surface area contributed by atoms with Gasteiger partial charge in [-0.25, -0.2) is 0 Å². The number of aryl methyl sites for hydroxylation is 2. The van der Waals surface area contributed by atoms with Crippen LogP contribution in [0, 0.1) is 5.41 Å². The van der Waals surface area contributed by atoms with E-state index in [0.29, 0.717) is 11.5 Å². The Morgan fingerprint density at radius 2 is 2.05 bits per heavy atom. The van der Waals surface area contributed by atoms with Gasteiger partial charge in [0.1, 0.15) is 0 Å². The molecule has 1 heterocycles. The maximum Gasteiger partial charge on any atom is 0.0766 e. The molecule has 0 bridgehead atoms. The fourth-order valence-corrected chi connectivity index (χ4v) is 4.24. The predicted octanol–water partition coefficient (Wildman–Crippen LogP) is 3.46. The molecule has 2 rings (SSSR count). The lowest BCUT2D eigenvalue weighted by Crippen LogP contribution is -2.42. The van der Waals surface area contributed by atoms with Crippen LogP contribution in [0.5, 0.6) is 0 Å². The molecule has 0 spiro atoms. The third-order valence-electron chi connectivity index (χ3n) is 4.84. The quantitative estimate of drug-likeness (QED) is 0.897. The van der Waals surface area contributed by atoms with E-state index in [4.69, 9.17) is 0 Å². The second-order valence-corrected chi connectivity index (χ2v) is 6.88. The molecule has 0 aliphatic heterocycles. The first-order valence-corrected chi connectivity index (χ1v) is 8.18. The molecule has 108 valence electrons. The molecule has 0 aromatic carbocycles. The fourth-order valence-electron chi connectivity index (χ4n) is 3.46. The number of nitrogens with one attached hydrogen (secondary N) is 1.